The molecule has 0 radical (unpaired) electrons. The maximum absolute atomic E-state index is 11.4. The van der Waals surface area contributed by atoms with E-state index in [2.05, 4.69) is 10.3 Å². The number of aliphatic hydroxyl groups is 1. The van der Waals surface area contributed by atoms with Crippen LogP contribution < -0.4 is 5.32 Å². The molecule has 1 amide bonds. The van der Waals surface area contributed by atoms with Gasteiger partial charge in [0.25, 0.3) is 5.91 Å². The predicted molar refractivity (Wildman–Crippen MR) is 59.9 cm³/mol. The topological polar surface area (TPSA) is 62.2 Å². The lowest BCUT2D eigenvalue weighted by molar-refractivity contribution is 0.0904. The number of carbonyl (C=O) groups excluding carboxylic acids is 1. The highest BCUT2D eigenvalue weighted by atomic mass is 32.1. The van der Waals surface area contributed by atoms with Gasteiger partial charge in [-0.05, 0) is 12.3 Å². The SMILES string of the molecule is CC(C)CC(O)CNC(=O)c1cncs1. The van der Waals surface area contributed by atoms with Crippen molar-refractivity contribution in [3.05, 3.63) is 16.6 Å². The molecule has 1 unspecified atom stereocenters. The van der Waals surface area contributed by atoms with Gasteiger partial charge >= 0.3 is 0 Å². The molecule has 0 bridgehead atoms. The van der Waals surface area contributed by atoms with E-state index in [-0.39, 0.29) is 5.91 Å². The van der Waals surface area contributed by atoms with Gasteiger partial charge in [-0.1, -0.05) is 13.8 Å². The fourth-order valence-corrected chi connectivity index (χ4v) is 1.79. The molecule has 0 aliphatic heterocycles. The molecule has 84 valence electrons. The van der Waals surface area contributed by atoms with E-state index in [1.54, 1.807) is 5.51 Å². The van der Waals surface area contributed by atoms with Gasteiger partial charge in [0.15, 0.2) is 0 Å². The van der Waals surface area contributed by atoms with Crippen LogP contribution in [0.4, 0.5) is 0 Å². The first-order valence-electron chi connectivity index (χ1n) is 4.94. The minimum atomic E-state index is -0.470. The number of nitrogens with zero attached hydrogens (tertiary/aromatic N) is 1. The molecule has 0 saturated carbocycles. The number of aromatic nitrogens is 1. The standard InChI is InChI=1S/C10H16N2O2S/c1-7(2)3-8(13)4-12-10(14)9-5-11-6-15-9/h5-8,13H,3-4H2,1-2H3,(H,12,14). The van der Waals surface area contributed by atoms with Crippen LogP contribution in [0, 0.1) is 5.92 Å². The number of hydrogen-bond donors (Lipinski definition) is 2. The number of rotatable bonds is 5. The minimum absolute atomic E-state index is 0.166. The number of nitrogens with one attached hydrogen (secondary N) is 1. The van der Waals surface area contributed by atoms with Gasteiger partial charge in [-0.25, -0.2) is 0 Å². The third kappa shape index (κ3) is 4.40. The fourth-order valence-electron chi connectivity index (χ4n) is 1.25. The Labute approximate surface area is 93.4 Å². The second-order valence-electron chi connectivity index (χ2n) is 3.86. The summed E-state index contributed by atoms with van der Waals surface area (Å²) in [5.74, 6) is 0.264. The largest absolute Gasteiger partial charge is 0.391 e. The van der Waals surface area contributed by atoms with Crippen molar-refractivity contribution in [2.75, 3.05) is 6.54 Å². The van der Waals surface area contributed by atoms with E-state index < -0.39 is 6.10 Å². The molecule has 2 N–H and O–H groups in total. The molecule has 1 heterocycles. The van der Waals surface area contributed by atoms with Crippen molar-refractivity contribution in [3.63, 3.8) is 0 Å². The third-order valence-corrected chi connectivity index (χ3v) is 2.67. The Balaban J connectivity index is 2.28. The van der Waals surface area contributed by atoms with Crippen LogP contribution in [0.1, 0.15) is 29.9 Å². The van der Waals surface area contributed by atoms with E-state index in [1.807, 2.05) is 13.8 Å². The Hall–Kier alpha value is -0.940. The van der Waals surface area contributed by atoms with Gasteiger partial charge in [0.2, 0.25) is 0 Å². The smallest absolute Gasteiger partial charge is 0.263 e. The lowest BCUT2D eigenvalue weighted by Crippen LogP contribution is -2.32. The first kappa shape index (κ1) is 12.1. The van der Waals surface area contributed by atoms with Crippen LogP contribution in [0.15, 0.2) is 11.7 Å². The normalized spacial score (nSPS) is 12.8. The first-order chi connectivity index (χ1) is 7.09. The second kappa shape index (κ2) is 5.82. The summed E-state index contributed by atoms with van der Waals surface area (Å²) >= 11 is 1.29. The monoisotopic (exact) mass is 228 g/mol. The molecule has 0 aliphatic rings. The molecule has 0 aromatic carbocycles. The molecule has 1 aromatic rings. The molecule has 1 rings (SSSR count). The molecule has 0 spiro atoms. The molecule has 0 fully saturated rings. The van der Waals surface area contributed by atoms with E-state index in [0.717, 1.165) is 0 Å². The van der Waals surface area contributed by atoms with Crippen molar-refractivity contribution in [3.8, 4) is 0 Å². The maximum atomic E-state index is 11.4. The van der Waals surface area contributed by atoms with E-state index in [1.165, 1.54) is 17.5 Å². The van der Waals surface area contributed by atoms with Crippen molar-refractivity contribution in [2.45, 2.75) is 26.4 Å². The van der Waals surface area contributed by atoms with Crippen LogP contribution in [-0.2, 0) is 0 Å². The fraction of sp³-hybridized carbons (Fsp3) is 0.600. The van der Waals surface area contributed by atoms with Crippen LogP contribution >= 0.6 is 11.3 Å². The van der Waals surface area contributed by atoms with Crippen LogP contribution in [0.3, 0.4) is 0 Å². The third-order valence-electron chi connectivity index (χ3n) is 1.90. The Kier molecular flexibility index (Phi) is 4.71. The molecule has 0 aliphatic carbocycles. The van der Waals surface area contributed by atoms with Gasteiger partial charge in [0, 0.05) is 6.54 Å². The molecule has 0 saturated heterocycles. The maximum Gasteiger partial charge on any atom is 0.263 e. The molecule has 15 heavy (non-hydrogen) atoms. The minimum Gasteiger partial charge on any atom is -0.391 e. The zero-order valence-electron chi connectivity index (χ0n) is 8.93. The first-order valence-corrected chi connectivity index (χ1v) is 5.82. The molecule has 1 atom stereocenters. The van der Waals surface area contributed by atoms with E-state index in [9.17, 15) is 9.90 Å². The van der Waals surface area contributed by atoms with E-state index in [4.69, 9.17) is 0 Å². The van der Waals surface area contributed by atoms with Gasteiger partial charge in [-0.2, -0.15) is 0 Å². The Morgan fingerprint density at radius 2 is 2.40 bits per heavy atom. The summed E-state index contributed by atoms with van der Waals surface area (Å²) in [5.41, 5.74) is 1.61. The average molecular weight is 228 g/mol. The van der Waals surface area contributed by atoms with E-state index in [0.29, 0.717) is 23.8 Å². The highest BCUT2D eigenvalue weighted by molar-refractivity contribution is 7.11. The number of thiazole rings is 1. The summed E-state index contributed by atoms with van der Waals surface area (Å²) in [7, 11) is 0. The number of aliphatic hydroxyl groups excluding tert-OH is 1. The van der Waals surface area contributed by atoms with Crippen molar-refractivity contribution < 1.29 is 9.90 Å². The number of amides is 1. The lowest BCUT2D eigenvalue weighted by Gasteiger charge is -2.13. The van der Waals surface area contributed by atoms with Crippen LogP contribution in [0.5, 0.6) is 0 Å². The molecule has 4 nitrogen and oxygen atoms in total. The van der Waals surface area contributed by atoms with E-state index >= 15 is 0 Å². The quantitative estimate of drug-likeness (QED) is 0.798. The summed E-state index contributed by atoms with van der Waals surface area (Å²) in [4.78, 5) is 15.8. The van der Waals surface area contributed by atoms with Gasteiger partial charge < -0.3 is 10.4 Å². The Morgan fingerprint density at radius 3 is 2.93 bits per heavy atom. The van der Waals surface area contributed by atoms with Crippen molar-refractivity contribution in [1.29, 1.82) is 0 Å². The highest BCUT2D eigenvalue weighted by Crippen LogP contribution is 2.06. The van der Waals surface area contributed by atoms with Gasteiger partial charge in [-0.15, -0.1) is 11.3 Å². The van der Waals surface area contributed by atoms with Gasteiger partial charge in [0.1, 0.15) is 4.88 Å². The predicted octanol–water partition coefficient (Wildman–Crippen LogP) is 1.28. The lowest BCUT2D eigenvalue weighted by atomic mass is 10.1. The highest BCUT2D eigenvalue weighted by Gasteiger charge is 2.11. The van der Waals surface area contributed by atoms with Crippen molar-refractivity contribution >= 4 is 17.2 Å². The zero-order valence-corrected chi connectivity index (χ0v) is 9.75. The summed E-state index contributed by atoms with van der Waals surface area (Å²) in [6.07, 6.45) is 1.75. The molecular weight excluding hydrogens is 212 g/mol. The summed E-state index contributed by atoms with van der Waals surface area (Å²) in [6, 6.07) is 0. The van der Waals surface area contributed by atoms with Crippen molar-refractivity contribution in [2.24, 2.45) is 5.92 Å². The average Bonchev–Trinajstić information content (AvgIpc) is 2.65. The Morgan fingerprint density at radius 1 is 1.67 bits per heavy atom. The summed E-state index contributed by atoms with van der Waals surface area (Å²) < 4.78 is 0. The number of carbonyl (C=O) groups is 1. The molecule has 1 aromatic heterocycles. The molecule has 5 heteroatoms. The van der Waals surface area contributed by atoms with Gasteiger partial charge in [0.05, 0.1) is 17.8 Å². The molecular formula is C10H16N2O2S. The van der Waals surface area contributed by atoms with Crippen molar-refractivity contribution in [1.82, 2.24) is 10.3 Å². The van der Waals surface area contributed by atoms with Crippen LogP contribution in [0.2, 0.25) is 0 Å². The Bertz CT molecular complexity index is 298. The summed E-state index contributed by atoms with van der Waals surface area (Å²) in [6.45, 7) is 4.37. The second-order valence-corrected chi connectivity index (χ2v) is 4.75. The van der Waals surface area contributed by atoms with Crippen LogP contribution in [-0.4, -0.2) is 28.6 Å². The van der Waals surface area contributed by atoms with Crippen LogP contribution in [0.25, 0.3) is 0 Å². The zero-order chi connectivity index (χ0) is 11.3. The summed E-state index contributed by atoms with van der Waals surface area (Å²) in [5, 5.41) is 12.2. The number of hydrogen-bond acceptors (Lipinski definition) is 4. The van der Waals surface area contributed by atoms with Gasteiger partial charge in [-0.3, -0.25) is 9.78 Å².